The largest absolute Gasteiger partial charge is 0.491 e. The second-order valence-electron chi connectivity index (χ2n) is 1.95. The number of hydrogen-bond acceptors (Lipinski definition) is 2. The van der Waals surface area contributed by atoms with E-state index in [1.54, 1.807) is 6.07 Å². The molecule has 0 aromatic heterocycles. The van der Waals surface area contributed by atoms with Crippen molar-refractivity contribution in [3.63, 3.8) is 0 Å². The number of ether oxygens (including phenoxy) is 1. The number of benzene rings is 1. The molecule has 0 heterocycles. The fourth-order valence-electron chi connectivity index (χ4n) is 0.814. The van der Waals surface area contributed by atoms with Crippen LogP contribution < -0.4 is 4.74 Å². The summed E-state index contributed by atoms with van der Waals surface area (Å²) >= 11 is 0. The molecule has 1 radical (unpaired) electrons. The lowest BCUT2D eigenvalue weighted by molar-refractivity contribution is 0.315. The summed E-state index contributed by atoms with van der Waals surface area (Å²) in [5, 5.41) is 19.5. The summed E-state index contributed by atoms with van der Waals surface area (Å²) in [4.78, 5) is 0. The molecule has 0 aliphatic rings. The van der Waals surface area contributed by atoms with Crippen molar-refractivity contribution < 1.29 is 9.84 Å². The number of hydrogen-bond donors (Lipinski definition) is 0. The van der Waals surface area contributed by atoms with Gasteiger partial charge in [-0.15, -0.1) is 0 Å². The third-order valence-electron chi connectivity index (χ3n) is 1.30. The van der Waals surface area contributed by atoms with Gasteiger partial charge in [-0.2, -0.15) is 5.26 Å². The Morgan fingerprint density at radius 3 is 2.73 bits per heavy atom. The van der Waals surface area contributed by atoms with Gasteiger partial charge < -0.3 is 4.74 Å². The molecule has 0 fully saturated rings. The Hall–Kier alpha value is -1.69. The number of nitriles is 1. The van der Waals surface area contributed by atoms with Gasteiger partial charge in [-0.25, -0.2) is 0 Å². The maximum Gasteiger partial charge on any atom is 0.221 e. The normalized spacial score (nSPS) is 8.73. The molecule has 0 spiro atoms. The van der Waals surface area contributed by atoms with Gasteiger partial charge in [0.15, 0.2) is 5.75 Å². The van der Waals surface area contributed by atoms with Gasteiger partial charge in [0.25, 0.3) is 0 Å². The predicted molar refractivity (Wildman–Crippen MR) is 37.8 cm³/mol. The van der Waals surface area contributed by atoms with Gasteiger partial charge in [0.05, 0.1) is 12.7 Å². The Morgan fingerprint density at radius 2 is 2.27 bits per heavy atom. The lowest BCUT2D eigenvalue weighted by atomic mass is 10.2. The molecule has 3 nitrogen and oxygen atoms in total. The maximum atomic E-state index is 11.0. The molecule has 0 aliphatic heterocycles. The first-order valence-corrected chi connectivity index (χ1v) is 3.03. The minimum absolute atomic E-state index is 0.120. The van der Waals surface area contributed by atoms with Gasteiger partial charge in [0, 0.05) is 0 Å². The minimum atomic E-state index is -0.258. The SMILES string of the molecule is COc1c([O])cccc1C#N. The van der Waals surface area contributed by atoms with Crippen LogP contribution in [0.5, 0.6) is 11.5 Å². The van der Waals surface area contributed by atoms with Crippen molar-refractivity contribution in [1.29, 1.82) is 5.26 Å². The van der Waals surface area contributed by atoms with Crippen molar-refractivity contribution in [3.05, 3.63) is 23.8 Å². The minimum Gasteiger partial charge on any atom is -0.491 e. The molecular weight excluding hydrogens is 142 g/mol. The van der Waals surface area contributed by atoms with E-state index in [4.69, 9.17) is 10.00 Å². The van der Waals surface area contributed by atoms with Crippen LogP contribution in [-0.4, -0.2) is 7.11 Å². The van der Waals surface area contributed by atoms with Crippen LogP contribution in [0.25, 0.3) is 0 Å². The number of nitrogens with zero attached hydrogens (tertiary/aromatic N) is 1. The molecule has 0 saturated carbocycles. The molecule has 1 aromatic carbocycles. The van der Waals surface area contributed by atoms with Crippen LogP contribution in [-0.2, 0) is 5.11 Å². The van der Waals surface area contributed by atoms with E-state index in [-0.39, 0.29) is 17.1 Å². The van der Waals surface area contributed by atoms with E-state index >= 15 is 0 Å². The number of para-hydroxylation sites is 1. The highest BCUT2D eigenvalue weighted by atomic mass is 16.5. The monoisotopic (exact) mass is 148 g/mol. The van der Waals surface area contributed by atoms with Crippen molar-refractivity contribution in [1.82, 2.24) is 0 Å². The van der Waals surface area contributed by atoms with Crippen molar-refractivity contribution >= 4 is 0 Å². The summed E-state index contributed by atoms with van der Waals surface area (Å²) in [6, 6.07) is 6.30. The zero-order valence-corrected chi connectivity index (χ0v) is 6.00. The fourth-order valence-corrected chi connectivity index (χ4v) is 0.814. The lowest BCUT2D eigenvalue weighted by Crippen LogP contribution is -1.86. The van der Waals surface area contributed by atoms with Gasteiger partial charge in [-0.1, -0.05) is 6.07 Å². The molecule has 0 bridgehead atoms. The standard InChI is InChI=1S/C8H6NO2/c1-11-8-6(5-9)3-2-4-7(8)10/h2-4H,1H3. The second kappa shape index (κ2) is 2.93. The van der Waals surface area contributed by atoms with E-state index in [1.807, 2.05) is 6.07 Å². The van der Waals surface area contributed by atoms with Gasteiger partial charge in [-0.05, 0) is 12.1 Å². The van der Waals surface area contributed by atoms with Crippen LogP contribution in [0.2, 0.25) is 0 Å². The first kappa shape index (κ1) is 7.42. The average molecular weight is 148 g/mol. The van der Waals surface area contributed by atoms with Crippen LogP contribution in [0.3, 0.4) is 0 Å². The summed E-state index contributed by atoms with van der Waals surface area (Å²) in [6.45, 7) is 0. The molecular formula is C8H6NO2. The highest BCUT2D eigenvalue weighted by Gasteiger charge is 2.07. The average Bonchev–Trinajstić information content (AvgIpc) is 2.04. The maximum absolute atomic E-state index is 11.0. The quantitative estimate of drug-likeness (QED) is 0.608. The van der Waals surface area contributed by atoms with E-state index in [9.17, 15) is 5.11 Å². The Kier molecular flexibility index (Phi) is 1.98. The third kappa shape index (κ3) is 1.24. The van der Waals surface area contributed by atoms with Crippen LogP contribution in [0.1, 0.15) is 5.56 Å². The lowest BCUT2D eigenvalue weighted by Gasteiger charge is -2.00. The summed E-state index contributed by atoms with van der Waals surface area (Å²) in [5.41, 5.74) is 0.278. The summed E-state index contributed by atoms with van der Waals surface area (Å²) < 4.78 is 4.73. The fraction of sp³-hybridized carbons (Fsp3) is 0.125. The van der Waals surface area contributed by atoms with Gasteiger partial charge in [-0.3, -0.25) is 5.11 Å². The molecule has 0 amide bonds. The molecule has 55 valence electrons. The zero-order chi connectivity index (χ0) is 8.27. The van der Waals surface area contributed by atoms with Gasteiger partial charge in [0.1, 0.15) is 6.07 Å². The van der Waals surface area contributed by atoms with Gasteiger partial charge in [0.2, 0.25) is 5.75 Å². The molecule has 3 heteroatoms. The van der Waals surface area contributed by atoms with E-state index in [0.29, 0.717) is 0 Å². The van der Waals surface area contributed by atoms with Gasteiger partial charge >= 0.3 is 0 Å². The Morgan fingerprint density at radius 1 is 1.55 bits per heavy atom. The van der Waals surface area contributed by atoms with Crippen LogP contribution in [0.15, 0.2) is 18.2 Å². The topological polar surface area (TPSA) is 52.9 Å². The Balaban J connectivity index is 3.27. The second-order valence-corrected chi connectivity index (χ2v) is 1.95. The molecule has 0 unspecified atom stereocenters. The third-order valence-corrected chi connectivity index (χ3v) is 1.30. The van der Waals surface area contributed by atoms with Crippen molar-refractivity contribution in [2.24, 2.45) is 0 Å². The molecule has 0 atom stereocenters. The number of methoxy groups -OCH3 is 1. The zero-order valence-electron chi connectivity index (χ0n) is 6.00. The Bertz CT molecular complexity index is 301. The van der Waals surface area contributed by atoms with E-state index in [2.05, 4.69) is 0 Å². The summed E-state index contributed by atoms with van der Waals surface area (Å²) in [7, 11) is 1.37. The van der Waals surface area contributed by atoms with Crippen molar-refractivity contribution in [2.45, 2.75) is 0 Å². The highest BCUT2D eigenvalue weighted by molar-refractivity contribution is 5.51. The van der Waals surface area contributed by atoms with E-state index < -0.39 is 0 Å². The Labute approximate surface area is 64.5 Å². The first-order valence-electron chi connectivity index (χ1n) is 3.03. The molecule has 11 heavy (non-hydrogen) atoms. The molecule has 0 saturated heterocycles. The van der Waals surface area contributed by atoms with Crippen molar-refractivity contribution in [3.8, 4) is 17.6 Å². The molecule has 0 aliphatic carbocycles. The van der Waals surface area contributed by atoms with E-state index in [0.717, 1.165) is 0 Å². The van der Waals surface area contributed by atoms with Crippen LogP contribution in [0, 0.1) is 11.3 Å². The first-order chi connectivity index (χ1) is 5.29. The predicted octanol–water partition coefficient (Wildman–Crippen LogP) is 1.71. The smallest absolute Gasteiger partial charge is 0.221 e. The molecule has 1 aromatic rings. The van der Waals surface area contributed by atoms with Crippen LogP contribution in [0.4, 0.5) is 0 Å². The highest BCUT2D eigenvalue weighted by Crippen LogP contribution is 2.29. The van der Waals surface area contributed by atoms with E-state index in [1.165, 1.54) is 19.2 Å². The summed E-state index contributed by atoms with van der Waals surface area (Å²) in [5.74, 6) is -0.137. The summed E-state index contributed by atoms with van der Waals surface area (Å²) in [6.07, 6.45) is 0. The number of rotatable bonds is 1. The van der Waals surface area contributed by atoms with Crippen LogP contribution >= 0.6 is 0 Å². The molecule has 0 N–H and O–H groups in total. The molecule has 1 rings (SSSR count). The van der Waals surface area contributed by atoms with Crippen molar-refractivity contribution in [2.75, 3.05) is 7.11 Å².